The number of carbonyl (C=O) groups is 1. The topological polar surface area (TPSA) is 71.5 Å². The number of methoxy groups -OCH3 is 1. The first-order chi connectivity index (χ1) is 8.60. The molecule has 0 aliphatic carbocycles. The molecule has 0 aliphatic heterocycles. The predicted molar refractivity (Wildman–Crippen MR) is 70.4 cm³/mol. The first-order valence-electron chi connectivity index (χ1n) is 5.73. The van der Waals surface area contributed by atoms with Crippen LogP contribution < -0.4 is 5.32 Å². The number of nitrogens with zero attached hydrogens (tertiary/aromatic N) is 1. The molecule has 5 nitrogen and oxygen atoms in total. The van der Waals surface area contributed by atoms with E-state index in [9.17, 15) is 4.79 Å². The van der Waals surface area contributed by atoms with Crippen LogP contribution in [0.4, 0.5) is 5.82 Å². The summed E-state index contributed by atoms with van der Waals surface area (Å²) in [5.41, 5.74) is 0.0434. The van der Waals surface area contributed by atoms with Gasteiger partial charge in [-0.05, 0) is 12.5 Å². The van der Waals surface area contributed by atoms with Crippen LogP contribution in [0.5, 0.6) is 0 Å². The van der Waals surface area contributed by atoms with E-state index in [4.69, 9.17) is 21.4 Å². The largest absolute Gasteiger partial charge is 0.478 e. The van der Waals surface area contributed by atoms with Gasteiger partial charge in [0.25, 0.3) is 0 Å². The molecular weight excluding hydrogens is 256 g/mol. The van der Waals surface area contributed by atoms with E-state index in [0.717, 1.165) is 12.8 Å². The lowest BCUT2D eigenvalue weighted by molar-refractivity contribution is 0.0697. The van der Waals surface area contributed by atoms with E-state index < -0.39 is 5.97 Å². The van der Waals surface area contributed by atoms with Crippen LogP contribution in [-0.2, 0) is 4.74 Å². The van der Waals surface area contributed by atoms with Crippen molar-refractivity contribution in [2.45, 2.75) is 25.8 Å². The summed E-state index contributed by atoms with van der Waals surface area (Å²) in [6.45, 7) is 2.58. The molecule has 0 amide bonds. The normalized spacial score (nSPS) is 12.2. The molecule has 1 atom stereocenters. The van der Waals surface area contributed by atoms with Crippen molar-refractivity contribution in [3.05, 3.63) is 22.8 Å². The quantitative estimate of drug-likeness (QED) is 0.798. The SMILES string of the molecule is CCCC(COC)Nc1nccc(C(=O)O)c1Cl. The van der Waals surface area contributed by atoms with E-state index in [-0.39, 0.29) is 16.6 Å². The van der Waals surface area contributed by atoms with Gasteiger partial charge in [0.2, 0.25) is 0 Å². The second-order valence-corrected chi connectivity index (χ2v) is 4.29. The Morgan fingerprint density at radius 1 is 1.67 bits per heavy atom. The molecule has 1 heterocycles. The summed E-state index contributed by atoms with van der Waals surface area (Å²) >= 11 is 6.00. The Morgan fingerprint density at radius 2 is 2.39 bits per heavy atom. The van der Waals surface area contributed by atoms with E-state index >= 15 is 0 Å². The van der Waals surface area contributed by atoms with Gasteiger partial charge in [-0.2, -0.15) is 0 Å². The Labute approximate surface area is 111 Å². The lowest BCUT2D eigenvalue weighted by Crippen LogP contribution is -2.25. The summed E-state index contributed by atoms with van der Waals surface area (Å²) in [5.74, 6) is -0.684. The van der Waals surface area contributed by atoms with Gasteiger partial charge in [-0.15, -0.1) is 0 Å². The van der Waals surface area contributed by atoms with Crippen LogP contribution in [0.15, 0.2) is 12.3 Å². The van der Waals surface area contributed by atoms with Crippen LogP contribution in [0.2, 0.25) is 5.02 Å². The molecular formula is C12H17ClN2O3. The van der Waals surface area contributed by atoms with E-state index in [1.165, 1.54) is 12.3 Å². The van der Waals surface area contributed by atoms with E-state index in [1.54, 1.807) is 7.11 Å². The minimum atomic E-state index is -1.07. The lowest BCUT2D eigenvalue weighted by atomic mass is 10.1. The fraction of sp³-hybridized carbons (Fsp3) is 0.500. The molecule has 0 radical (unpaired) electrons. The van der Waals surface area contributed by atoms with E-state index in [2.05, 4.69) is 17.2 Å². The number of hydrogen-bond acceptors (Lipinski definition) is 4. The second-order valence-electron chi connectivity index (χ2n) is 3.91. The molecule has 0 bridgehead atoms. The van der Waals surface area contributed by atoms with Crippen LogP contribution in [-0.4, -0.2) is 35.8 Å². The minimum absolute atomic E-state index is 0.0434. The maximum absolute atomic E-state index is 10.9. The highest BCUT2D eigenvalue weighted by Gasteiger charge is 2.16. The second kappa shape index (κ2) is 7.18. The van der Waals surface area contributed by atoms with Gasteiger partial charge in [0, 0.05) is 13.3 Å². The summed E-state index contributed by atoms with van der Waals surface area (Å²) < 4.78 is 5.10. The highest BCUT2D eigenvalue weighted by atomic mass is 35.5. The van der Waals surface area contributed by atoms with Gasteiger partial charge in [0.1, 0.15) is 5.82 Å². The Kier molecular flexibility index (Phi) is 5.88. The van der Waals surface area contributed by atoms with Gasteiger partial charge in [0.05, 0.1) is 23.2 Å². The van der Waals surface area contributed by atoms with Crippen molar-refractivity contribution in [1.82, 2.24) is 4.98 Å². The van der Waals surface area contributed by atoms with Gasteiger partial charge in [-0.25, -0.2) is 9.78 Å². The van der Waals surface area contributed by atoms with Crippen LogP contribution in [0.1, 0.15) is 30.1 Å². The molecule has 1 aromatic rings. The first-order valence-corrected chi connectivity index (χ1v) is 6.11. The standard InChI is InChI=1S/C12H17ClN2O3/c1-3-4-8(7-18-2)15-11-10(13)9(12(16)17)5-6-14-11/h5-6,8H,3-4,7H2,1-2H3,(H,14,15)(H,16,17). The average molecular weight is 273 g/mol. The molecule has 18 heavy (non-hydrogen) atoms. The number of halogens is 1. The molecule has 0 saturated heterocycles. The van der Waals surface area contributed by atoms with Crippen molar-refractivity contribution < 1.29 is 14.6 Å². The Balaban J connectivity index is 2.88. The molecule has 0 spiro atoms. The van der Waals surface area contributed by atoms with Crippen molar-refractivity contribution >= 4 is 23.4 Å². The van der Waals surface area contributed by atoms with Gasteiger partial charge >= 0.3 is 5.97 Å². The smallest absolute Gasteiger partial charge is 0.337 e. The van der Waals surface area contributed by atoms with Gasteiger partial charge in [-0.3, -0.25) is 0 Å². The minimum Gasteiger partial charge on any atom is -0.478 e. The lowest BCUT2D eigenvalue weighted by Gasteiger charge is -2.18. The maximum atomic E-state index is 10.9. The molecule has 2 N–H and O–H groups in total. The number of rotatable bonds is 7. The van der Waals surface area contributed by atoms with Crippen LogP contribution in [0.3, 0.4) is 0 Å². The van der Waals surface area contributed by atoms with Crippen molar-refractivity contribution in [3.63, 3.8) is 0 Å². The third kappa shape index (κ3) is 3.85. The number of carboxylic acid groups (broad SMARTS) is 1. The van der Waals surface area contributed by atoms with Crippen molar-refractivity contribution in [1.29, 1.82) is 0 Å². The van der Waals surface area contributed by atoms with E-state index in [0.29, 0.717) is 12.4 Å². The molecule has 0 saturated carbocycles. The zero-order chi connectivity index (χ0) is 13.5. The highest BCUT2D eigenvalue weighted by Crippen LogP contribution is 2.24. The summed E-state index contributed by atoms with van der Waals surface area (Å²) in [6, 6.07) is 1.44. The molecule has 1 rings (SSSR count). The Bertz CT molecular complexity index is 406. The summed E-state index contributed by atoms with van der Waals surface area (Å²) in [4.78, 5) is 15.0. The molecule has 6 heteroatoms. The van der Waals surface area contributed by atoms with Crippen LogP contribution in [0.25, 0.3) is 0 Å². The molecule has 0 aliphatic rings. The zero-order valence-corrected chi connectivity index (χ0v) is 11.2. The maximum Gasteiger partial charge on any atom is 0.337 e. The zero-order valence-electron chi connectivity index (χ0n) is 10.4. The summed E-state index contributed by atoms with van der Waals surface area (Å²) in [7, 11) is 1.62. The number of nitrogens with one attached hydrogen (secondary N) is 1. The molecule has 100 valence electrons. The van der Waals surface area contributed by atoms with Crippen molar-refractivity contribution in [2.24, 2.45) is 0 Å². The number of pyridine rings is 1. The third-order valence-electron chi connectivity index (χ3n) is 2.47. The monoisotopic (exact) mass is 272 g/mol. The third-order valence-corrected chi connectivity index (χ3v) is 2.85. The van der Waals surface area contributed by atoms with Crippen LogP contribution >= 0.6 is 11.6 Å². The summed E-state index contributed by atoms with van der Waals surface area (Å²) in [5, 5.41) is 12.2. The molecule has 1 unspecified atom stereocenters. The average Bonchev–Trinajstić information content (AvgIpc) is 2.32. The number of ether oxygens (including phenoxy) is 1. The predicted octanol–water partition coefficient (Wildman–Crippen LogP) is 2.66. The Hall–Kier alpha value is -1.33. The fourth-order valence-electron chi connectivity index (χ4n) is 1.65. The van der Waals surface area contributed by atoms with Crippen molar-refractivity contribution in [2.75, 3.05) is 19.0 Å². The van der Waals surface area contributed by atoms with Gasteiger partial charge in [0.15, 0.2) is 0 Å². The number of anilines is 1. The van der Waals surface area contributed by atoms with Gasteiger partial charge in [-0.1, -0.05) is 24.9 Å². The highest BCUT2D eigenvalue weighted by molar-refractivity contribution is 6.35. The first kappa shape index (κ1) is 14.7. The summed E-state index contributed by atoms with van der Waals surface area (Å²) in [6.07, 6.45) is 3.30. The molecule has 1 aromatic heterocycles. The van der Waals surface area contributed by atoms with Crippen molar-refractivity contribution in [3.8, 4) is 0 Å². The van der Waals surface area contributed by atoms with Crippen LogP contribution in [0, 0.1) is 0 Å². The number of aromatic nitrogens is 1. The number of carboxylic acids is 1. The van der Waals surface area contributed by atoms with E-state index in [1.807, 2.05) is 0 Å². The Morgan fingerprint density at radius 3 is 2.94 bits per heavy atom. The fourth-order valence-corrected chi connectivity index (χ4v) is 1.90. The van der Waals surface area contributed by atoms with Gasteiger partial charge < -0.3 is 15.2 Å². The number of hydrogen-bond donors (Lipinski definition) is 2. The molecule has 0 aromatic carbocycles. The number of aromatic carboxylic acids is 1. The molecule has 0 fully saturated rings.